The maximum atomic E-state index is 12.8. The minimum absolute atomic E-state index is 0.101. The zero-order valence-corrected chi connectivity index (χ0v) is 26.0. The summed E-state index contributed by atoms with van der Waals surface area (Å²) in [6.45, 7) is 7.37. The zero-order chi connectivity index (χ0) is 28.8. The van der Waals surface area contributed by atoms with E-state index in [9.17, 15) is 14.4 Å². The number of carbonyl (C=O) groups excluding carboxylic acids is 3. The summed E-state index contributed by atoms with van der Waals surface area (Å²) < 4.78 is 10.8. The summed E-state index contributed by atoms with van der Waals surface area (Å²) in [5.41, 5.74) is 0. The van der Waals surface area contributed by atoms with Crippen molar-refractivity contribution in [1.29, 1.82) is 0 Å². The van der Waals surface area contributed by atoms with Crippen LogP contribution in [0.4, 0.5) is 0 Å². The average Bonchev–Trinajstić information content (AvgIpc) is 2.93. The Labute approximate surface area is 241 Å². The van der Waals surface area contributed by atoms with Gasteiger partial charge in [-0.1, -0.05) is 136 Å². The molecule has 0 aromatic carbocycles. The van der Waals surface area contributed by atoms with Gasteiger partial charge in [0.05, 0.1) is 13.2 Å². The first-order valence-corrected chi connectivity index (χ1v) is 16.7. The second kappa shape index (κ2) is 29.4. The van der Waals surface area contributed by atoms with E-state index in [1.165, 1.54) is 70.6 Å². The van der Waals surface area contributed by atoms with E-state index in [-0.39, 0.29) is 24.7 Å². The zero-order valence-electron chi connectivity index (χ0n) is 26.0. The largest absolute Gasteiger partial charge is 0.466 e. The molecule has 0 radical (unpaired) electrons. The summed E-state index contributed by atoms with van der Waals surface area (Å²) in [5.74, 6) is -0.894. The number of esters is 2. The molecule has 1 N–H and O–H groups in total. The van der Waals surface area contributed by atoms with Gasteiger partial charge in [-0.25, -0.2) is 4.79 Å². The Bertz CT molecular complexity index is 580. The van der Waals surface area contributed by atoms with E-state index in [1.54, 1.807) is 0 Å². The molecule has 0 unspecified atom stereocenters. The molecule has 1 atom stereocenters. The van der Waals surface area contributed by atoms with Crippen LogP contribution in [0.1, 0.15) is 175 Å². The summed E-state index contributed by atoms with van der Waals surface area (Å²) in [7, 11) is 0. The van der Waals surface area contributed by atoms with Crippen molar-refractivity contribution < 1.29 is 23.9 Å². The molecule has 6 nitrogen and oxygen atoms in total. The van der Waals surface area contributed by atoms with Crippen molar-refractivity contribution in [3.8, 4) is 0 Å². The minimum atomic E-state index is -0.794. The predicted molar refractivity (Wildman–Crippen MR) is 162 cm³/mol. The van der Waals surface area contributed by atoms with Gasteiger partial charge in [0.1, 0.15) is 6.04 Å². The maximum Gasteiger partial charge on any atom is 0.328 e. The average molecular weight is 554 g/mol. The van der Waals surface area contributed by atoms with Crippen LogP contribution in [-0.2, 0) is 23.9 Å². The monoisotopic (exact) mass is 553 g/mol. The Morgan fingerprint density at radius 2 is 0.923 bits per heavy atom. The van der Waals surface area contributed by atoms with Crippen molar-refractivity contribution in [3.63, 3.8) is 0 Å². The summed E-state index contributed by atoms with van der Waals surface area (Å²) in [5, 5.41) is 2.84. The molecule has 230 valence electrons. The predicted octanol–water partition coefficient (Wildman–Crippen LogP) is 8.98. The number of unbranched alkanes of at least 4 members (excludes halogenated alkanes) is 18. The van der Waals surface area contributed by atoms with Crippen LogP contribution in [-0.4, -0.2) is 37.1 Å². The van der Waals surface area contributed by atoms with Crippen molar-refractivity contribution in [2.24, 2.45) is 0 Å². The number of hydrogen-bond donors (Lipinski definition) is 1. The lowest BCUT2D eigenvalue weighted by Gasteiger charge is -2.18. The lowest BCUT2D eigenvalue weighted by Crippen LogP contribution is -2.42. The lowest BCUT2D eigenvalue weighted by atomic mass is 10.1. The first-order chi connectivity index (χ1) is 19.0. The first kappa shape index (κ1) is 37.4. The van der Waals surface area contributed by atoms with Crippen LogP contribution >= 0.6 is 0 Å². The molecule has 0 aromatic rings. The number of nitrogens with one attached hydrogen (secondary N) is 1. The van der Waals surface area contributed by atoms with Gasteiger partial charge < -0.3 is 14.8 Å². The fourth-order valence-corrected chi connectivity index (χ4v) is 4.67. The fourth-order valence-electron chi connectivity index (χ4n) is 4.67. The summed E-state index contributed by atoms with van der Waals surface area (Å²) in [6, 6.07) is -0.794. The molecule has 0 aliphatic carbocycles. The quantitative estimate of drug-likeness (QED) is 0.0738. The number of hydrogen-bond acceptors (Lipinski definition) is 5. The van der Waals surface area contributed by atoms with E-state index in [0.29, 0.717) is 19.6 Å². The first-order valence-electron chi connectivity index (χ1n) is 16.7. The Morgan fingerprint density at radius 3 is 1.44 bits per heavy atom. The third-order valence-electron chi connectivity index (χ3n) is 7.27. The number of amides is 1. The summed E-state index contributed by atoms with van der Waals surface area (Å²) >= 11 is 0. The third kappa shape index (κ3) is 26.4. The highest BCUT2D eigenvalue weighted by Gasteiger charge is 2.23. The molecule has 0 aliphatic rings. The highest BCUT2D eigenvalue weighted by Crippen LogP contribution is 2.12. The smallest absolute Gasteiger partial charge is 0.328 e. The van der Waals surface area contributed by atoms with Gasteiger partial charge in [0, 0.05) is 12.8 Å². The standard InChI is InChI=1S/C33H63NO5/c1-4-7-10-13-15-17-18-20-22-25-31(35)34-30(26-27-32(36)38-28-23-12-9-6-3)33(37)39-29-24-21-19-16-14-11-8-5-2/h30H,4-29H2,1-3H3,(H,34,35)/t30-/m0/s1. The van der Waals surface area contributed by atoms with Gasteiger partial charge >= 0.3 is 11.9 Å². The second-order valence-electron chi connectivity index (χ2n) is 11.2. The van der Waals surface area contributed by atoms with E-state index in [2.05, 4.69) is 26.1 Å². The molecule has 1 amide bonds. The molecule has 0 saturated heterocycles. The Kier molecular flexibility index (Phi) is 28.2. The molecule has 0 heterocycles. The number of rotatable bonds is 29. The molecule has 6 heteroatoms. The van der Waals surface area contributed by atoms with Gasteiger partial charge in [0.2, 0.25) is 5.91 Å². The van der Waals surface area contributed by atoms with Crippen molar-refractivity contribution in [1.82, 2.24) is 5.32 Å². The van der Waals surface area contributed by atoms with Gasteiger partial charge in [-0.3, -0.25) is 9.59 Å². The van der Waals surface area contributed by atoms with Crippen molar-refractivity contribution in [3.05, 3.63) is 0 Å². The van der Waals surface area contributed by atoms with E-state index < -0.39 is 12.0 Å². The van der Waals surface area contributed by atoms with Gasteiger partial charge in [-0.15, -0.1) is 0 Å². The molecule has 0 aliphatic heterocycles. The van der Waals surface area contributed by atoms with E-state index in [4.69, 9.17) is 9.47 Å². The third-order valence-corrected chi connectivity index (χ3v) is 7.27. The maximum absolute atomic E-state index is 12.8. The van der Waals surface area contributed by atoms with E-state index >= 15 is 0 Å². The number of ether oxygens (including phenoxy) is 2. The molecular weight excluding hydrogens is 490 g/mol. The second-order valence-corrected chi connectivity index (χ2v) is 11.2. The van der Waals surface area contributed by atoms with Crippen LogP contribution in [0.3, 0.4) is 0 Å². The van der Waals surface area contributed by atoms with Crippen molar-refractivity contribution in [2.75, 3.05) is 13.2 Å². The Balaban J connectivity index is 4.37. The van der Waals surface area contributed by atoms with Crippen molar-refractivity contribution >= 4 is 17.8 Å². The topological polar surface area (TPSA) is 81.7 Å². The van der Waals surface area contributed by atoms with Gasteiger partial charge in [-0.05, 0) is 25.7 Å². The number of carbonyl (C=O) groups is 3. The molecule has 0 spiro atoms. The van der Waals surface area contributed by atoms with Crippen LogP contribution in [0.15, 0.2) is 0 Å². The SMILES string of the molecule is CCCCCCCCCCCC(=O)N[C@@H](CCC(=O)OCCCCCC)C(=O)OCCCCCCCCCC. The van der Waals surface area contributed by atoms with E-state index in [1.807, 2.05) is 0 Å². The summed E-state index contributed by atoms with van der Waals surface area (Å²) in [4.78, 5) is 37.5. The van der Waals surface area contributed by atoms with Crippen LogP contribution in [0.2, 0.25) is 0 Å². The van der Waals surface area contributed by atoms with Crippen LogP contribution in [0.5, 0.6) is 0 Å². The molecule has 0 aromatic heterocycles. The molecule has 39 heavy (non-hydrogen) atoms. The molecule has 0 bridgehead atoms. The summed E-state index contributed by atoms with van der Waals surface area (Å²) in [6.07, 6.45) is 25.0. The lowest BCUT2D eigenvalue weighted by molar-refractivity contribution is -0.149. The van der Waals surface area contributed by atoms with Crippen LogP contribution < -0.4 is 5.32 Å². The highest BCUT2D eigenvalue weighted by atomic mass is 16.5. The molecule has 0 fully saturated rings. The Hall–Kier alpha value is -1.59. The van der Waals surface area contributed by atoms with Gasteiger partial charge in [0.25, 0.3) is 0 Å². The van der Waals surface area contributed by atoms with E-state index in [0.717, 1.165) is 64.2 Å². The molecule has 0 saturated carbocycles. The fraction of sp³-hybridized carbons (Fsp3) is 0.909. The van der Waals surface area contributed by atoms with Gasteiger partial charge in [-0.2, -0.15) is 0 Å². The van der Waals surface area contributed by atoms with Crippen LogP contribution in [0, 0.1) is 0 Å². The Morgan fingerprint density at radius 1 is 0.513 bits per heavy atom. The van der Waals surface area contributed by atoms with Crippen LogP contribution in [0.25, 0.3) is 0 Å². The molecular formula is C33H63NO5. The normalized spacial score (nSPS) is 11.8. The highest BCUT2D eigenvalue weighted by molar-refractivity contribution is 5.85. The van der Waals surface area contributed by atoms with Gasteiger partial charge in [0.15, 0.2) is 0 Å². The van der Waals surface area contributed by atoms with Crippen molar-refractivity contribution in [2.45, 2.75) is 181 Å². The molecule has 0 rings (SSSR count). The minimum Gasteiger partial charge on any atom is -0.466 e.